The van der Waals surface area contributed by atoms with Crippen LogP contribution in [0.3, 0.4) is 0 Å². The molecule has 0 radical (unpaired) electrons. The predicted molar refractivity (Wildman–Crippen MR) is 161 cm³/mol. The van der Waals surface area contributed by atoms with Gasteiger partial charge < -0.3 is 43.8 Å². The van der Waals surface area contributed by atoms with E-state index in [4.69, 9.17) is 28.4 Å². The fourth-order valence-electron chi connectivity index (χ4n) is 4.28. The van der Waals surface area contributed by atoms with Crippen molar-refractivity contribution in [1.82, 2.24) is 16.0 Å². The largest absolute Gasteiger partial charge is 0.465 e. The molecule has 278 valence electrons. The summed E-state index contributed by atoms with van der Waals surface area (Å²) in [5, 5.41) is 6.63. The van der Waals surface area contributed by atoms with Crippen molar-refractivity contribution in [2.24, 2.45) is 4.99 Å². The van der Waals surface area contributed by atoms with Gasteiger partial charge in [0.2, 0.25) is 11.9 Å². The standard InChI is InChI=1S/C29H44F2N4O14/c1-13(36)32-18-19(33-24(34-25(41)48-27(5,6)7)35-26(42)49-28(8,9)10)22(30)29(31,23(40)43-11)47-21(18)20(46-16(4)39)17(45-15(3)38)12-44-14(2)37/h17-22H,12H2,1-11H3,(H,32,36)(H2,33,34,35,41,42)/t17-,18?,19?,20-,21?,22?,29?/m1/s1. The van der Waals surface area contributed by atoms with Gasteiger partial charge in [0.15, 0.2) is 18.4 Å². The van der Waals surface area contributed by atoms with Crippen LogP contribution in [0, 0.1) is 0 Å². The van der Waals surface area contributed by atoms with Crippen LogP contribution in [0.15, 0.2) is 4.99 Å². The Labute approximate surface area is 281 Å². The van der Waals surface area contributed by atoms with Gasteiger partial charge in [-0.05, 0) is 41.5 Å². The molecule has 0 saturated carbocycles. The maximum atomic E-state index is 16.5. The van der Waals surface area contributed by atoms with E-state index in [-0.39, 0.29) is 0 Å². The van der Waals surface area contributed by atoms with Crippen LogP contribution in [0.4, 0.5) is 18.4 Å². The Bertz CT molecular complexity index is 1300. The van der Waals surface area contributed by atoms with Crippen molar-refractivity contribution in [2.45, 2.75) is 123 Å². The number of amides is 3. The lowest BCUT2D eigenvalue weighted by Gasteiger charge is -2.48. The molecule has 20 heteroatoms. The molecule has 0 spiro atoms. The minimum atomic E-state index is -4.07. The first-order valence-corrected chi connectivity index (χ1v) is 14.7. The molecule has 3 amide bonds. The number of guanidine groups is 1. The molecule has 0 bridgehead atoms. The molecule has 1 saturated heterocycles. The molecule has 18 nitrogen and oxygen atoms in total. The third-order valence-electron chi connectivity index (χ3n) is 5.83. The number of methoxy groups -OCH3 is 1. The molecule has 0 aromatic rings. The molecule has 0 aromatic carbocycles. The van der Waals surface area contributed by atoms with Crippen LogP contribution < -0.4 is 16.0 Å². The van der Waals surface area contributed by atoms with Gasteiger partial charge in [-0.2, -0.15) is 4.39 Å². The van der Waals surface area contributed by atoms with Crippen LogP contribution in [0.5, 0.6) is 0 Å². The molecule has 0 aromatic heterocycles. The van der Waals surface area contributed by atoms with E-state index in [9.17, 15) is 33.6 Å². The molecule has 1 heterocycles. The third-order valence-corrected chi connectivity index (χ3v) is 5.83. The molecular weight excluding hydrogens is 666 g/mol. The molecule has 3 N–H and O–H groups in total. The molecule has 1 rings (SSSR count). The SMILES string of the molecule is COC(=O)C1(F)OC([C@H](OC(C)=O)[C@@H](COC(C)=O)OC(C)=O)C(NC(C)=O)C(N/C(=N/C(=O)OC(C)(C)C)NC(=O)OC(C)(C)C)C1F. The number of nitrogens with one attached hydrogen (secondary N) is 3. The highest BCUT2D eigenvalue weighted by molar-refractivity contribution is 5.99. The molecule has 0 aliphatic carbocycles. The first kappa shape index (κ1) is 42.4. The van der Waals surface area contributed by atoms with Gasteiger partial charge >= 0.3 is 41.9 Å². The topological polar surface area (TPSA) is 233 Å². The van der Waals surface area contributed by atoms with Crippen molar-refractivity contribution in [2.75, 3.05) is 13.7 Å². The second kappa shape index (κ2) is 17.2. The Kier molecular flexibility index (Phi) is 14.9. The van der Waals surface area contributed by atoms with Gasteiger partial charge in [0.25, 0.3) is 0 Å². The van der Waals surface area contributed by atoms with Crippen LogP contribution in [-0.2, 0) is 57.1 Å². The van der Waals surface area contributed by atoms with E-state index in [1.54, 1.807) is 0 Å². The second-order valence-electron chi connectivity index (χ2n) is 12.6. The highest BCUT2D eigenvalue weighted by atomic mass is 19.2. The van der Waals surface area contributed by atoms with Gasteiger partial charge in [0, 0.05) is 27.7 Å². The van der Waals surface area contributed by atoms with E-state index in [0.717, 1.165) is 27.7 Å². The number of carbonyl (C=O) groups excluding carboxylic acids is 7. The van der Waals surface area contributed by atoms with Crippen molar-refractivity contribution in [1.29, 1.82) is 0 Å². The summed E-state index contributed by atoms with van der Waals surface area (Å²) in [7, 11) is 0.697. The lowest BCUT2D eigenvalue weighted by molar-refractivity contribution is -0.281. The van der Waals surface area contributed by atoms with Crippen LogP contribution >= 0.6 is 0 Å². The quantitative estimate of drug-likeness (QED) is 0.132. The van der Waals surface area contributed by atoms with Gasteiger partial charge in [-0.15, -0.1) is 4.99 Å². The summed E-state index contributed by atoms with van der Waals surface area (Å²) < 4.78 is 68.3. The maximum absolute atomic E-state index is 16.5. The van der Waals surface area contributed by atoms with E-state index in [0.29, 0.717) is 7.11 Å². The number of esters is 4. The van der Waals surface area contributed by atoms with Gasteiger partial charge in [0.05, 0.1) is 19.2 Å². The van der Waals surface area contributed by atoms with Crippen molar-refractivity contribution in [3.63, 3.8) is 0 Å². The number of alkyl carbamates (subject to hydrolysis) is 1. The summed E-state index contributed by atoms with van der Waals surface area (Å²) in [5.41, 5.74) is -2.22. The highest BCUT2D eigenvalue weighted by Crippen LogP contribution is 2.38. The van der Waals surface area contributed by atoms with Crippen molar-refractivity contribution in [3.05, 3.63) is 0 Å². The second-order valence-corrected chi connectivity index (χ2v) is 12.6. The van der Waals surface area contributed by atoms with Gasteiger partial charge in [0.1, 0.15) is 23.9 Å². The number of ether oxygens (including phenoxy) is 7. The number of aliphatic imine (C=N–C) groups is 1. The zero-order valence-electron chi connectivity index (χ0n) is 29.1. The lowest BCUT2D eigenvalue weighted by Crippen LogP contribution is -2.75. The normalized spacial score (nSPS) is 23.8. The molecule has 7 atom stereocenters. The summed E-state index contributed by atoms with van der Waals surface area (Å²) in [5.74, 6) is -10.9. The number of hydrogen-bond acceptors (Lipinski definition) is 14. The number of hydrogen-bond donors (Lipinski definition) is 3. The van der Waals surface area contributed by atoms with Crippen molar-refractivity contribution in [3.8, 4) is 0 Å². The Morgan fingerprint density at radius 1 is 0.837 bits per heavy atom. The van der Waals surface area contributed by atoms with Gasteiger partial charge in [-0.3, -0.25) is 24.5 Å². The number of nitrogens with zero attached hydrogens (tertiary/aromatic N) is 1. The molecule has 5 unspecified atom stereocenters. The number of halogens is 2. The third kappa shape index (κ3) is 13.8. The van der Waals surface area contributed by atoms with E-state index in [1.165, 1.54) is 41.5 Å². The Balaban J connectivity index is 4.03. The van der Waals surface area contributed by atoms with Crippen LogP contribution in [0.1, 0.15) is 69.2 Å². The molecule has 1 fully saturated rings. The van der Waals surface area contributed by atoms with E-state index >= 15 is 8.78 Å². The van der Waals surface area contributed by atoms with Crippen LogP contribution in [0.25, 0.3) is 0 Å². The zero-order chi connectivity index (χ0) is 38.1. The van der Waals surface area contributed by atoms with Crippen LogP contribution in [-0.4, -0.2) is 115 Å². The van der Waals surface area contributed by atoms with Crippen molar-refractivity contribution >= 4 is 47.9 Å². The summed E-state index contributed by atoms with van der Waals surface area (Å²) in [4.78, 5) is 90.2. The molecule has 1 aliphatic rings. The van der Waals surface area contributed by atoms with Gasteiger partial charge in [-0.1, -0.05) is 0 Å². The minimum absolute atomic E-state index is 0.697. The highest BCUT2D eigenvalue weighted by Gasteiger charge is 2.65. The predicted octanol–water partition coefficient (Wildman–Crippen LogP) is 1.27. The summed E-state index contributed by atoms with van der Waals surface area (Å²) in [6.45, 7) is 11.9. The minimum Gasteiger partial charge on any atom is -0.465 e. The molecular formula is C29H44F2N4O14. The molecule has 1 aliphatic heterocycles. The molecule has 49 heavy (non-hydrogen) atoms. The Morgan fingerprint density at radius 3 is 1.84 bits per heavy atom. The number of carbonyl (C=O) groups is 7. The fraction of sp³-hybridized carbons (Fsp3) is 0.724. The summed E-state index contributed by atoms with van der Waals surface area (Å²) in [6.07, 6.45) is -11.8. The van der Waals surface area contributed by atoms with Crippen LogP contribution in [0.2, 0.25) is 0 Å². The number of alkyl halides is 2. The lowest BCUT2D eigenvalue weighted by atomic mass is 9.85. The average Bonchev–Trinajstić information content (AvgIpc) is 2.90. The first-order chi connectivity index (χ1) is 22.3. The van der Waals surface area contributed by atoms with Crippen molar-refractivity contribution < 1.29 is 75.5 Å². The smallest absolute Gasteiger partial charge is 0.437 e. The maximum Gasteiger partial charge on any atom is 0.437 e. The zero-order valence-corrected chi connectivity index (χ0v) is 29.1. The summed E-state index contributed by atoms with van der Waals surface area (Å²) in [6, 6.07) is -4.18. The summed E-state index contributed by atoms with van der Waals surface area (Å²) >= 11 is 0. The van der Waals surface area contributed by atoms with E-state index in [1.807, 2.05) is 0 Å². The Hall–Kier alpha value is -4.62. The first-order valence-electron chi connectivity index (χ1n) is 14.7. The van der Waals surface area contributed by atoms with E-state index in [2.05, 4.69) is 25.7 Å². The van der Waals surface area contributed by atoms with Gasteiger partial charge in [-0.25, -0.2) is 18.8 Å². The number of rotatable bonds is 9. The average molecular weight is 711 g/mol. The monoisotopic (exact) mass is 710 g/mol. The Morgan fingerprint density at radius 2 is 1.39 bits per heavy atom. The fourth-order valence-corrected chi connectivity index (χ4v) is 4.28. The van der Waals surface area contributed by atoms with E-state index < -0.39 is 108 Å².